The van der Waals surface area contributed by atoms with Crippen LogP contribution >= 0.6 is 0 Å². The average molecular weight is 271 g/mol. The van der Waals surface area contributed by atoms with Gasteiger partial charge in [-0.1, -0.05) is 46.8 Å². The van der Waals surface area contributed by atoms with E-state index in [-0.39, 0.29) is 5.41 Å². The van der Waals surface area contributed by atoms with Gasteiger partial charge in [-0.3, -0.25) is 4.57 Å². The molecule has 1 N–H and O–H groups in total. The number of rotatable bonds is 4. The molecule has 0 bridgehead atoms. The summed E-state index contributed by atoms with van der Waals surface area (Å²) in [5.74, 6) is 1.51. The van der Waals surface area contributed by atoms with Crippen LogP contribution in [0.3, 0.4) is 0 Å². The molecular weight excluding hydrogens is 246 g/mol. The van der Waals surface area contributed by atoms with E-state index in [2.05, 4.69) is 73.8 Å². The van der Waals surface area contributed by atoms with E-state index >= 15 is 0 Å². The van der Waals surface area contributed by atoms with Gasteiger partial charge in [0, 0.05) is 24.6 Å². The molecule has 1 heterocycles. The lowest BCUT2D eigenvalue weighted by Crippen LogP contribution is -2.13. The van der Waals surface area contributed by atoms with E-state index in [4.69, 9.17) is 0 Å². The van der Waals surface area contributed by atoms with Crippen molar-refractivity contribution in [2.24, 2.45) is 5.92 Å². The second-order valence-corrected chi connectivity index (χ2v) is 6.69. The standard InChI is InChI=1S/C17H25N3/c1-13(2)12-19-16-18-10-11-20(16)15-8-6-14(7-9-15)17(3,4)5/h6-11,13H,12H2,1-5H3,(H,18,19). The van der Waals surface area contributed by atoms with Crippen LogP contribution in [0.15, 0.2) is 36.7 Å². The van der Waals surface area contributed by atoms with Gasteiger partial charge in [-0.15, -0.1) is 0 Å². The molecule has 0 spiro atoms. The molecule has 0 unspecified atom stereocenters. The number of imidazole rings is 1. The van der Waals surface area contributed by atoms with Crippen molar-refractivity contribution in [3.05, 3.63) is 42.2 Å². The van der Waals surface area contributed by atoms with Crippen LogP contribution in [0.2, 0.25) is 0 Å². The van der Waals surface area contributed by atoms with Gasteiger partial charge in [0.1, 0.15) is 0 Å². The molecule has 20 heavy (non-hydrogen) atoms. The lowest BCUT2D eigenvalue weighted by atomic mass is 9.87. The molecule has 0 aliphatic rings. The minimum absolute atomic E-state index is 0.187. The van der Waals surface area contributed by atoms with Gasteiger partial charge in [0.15, 0.2) is 0 Å². The zero-order chi connectivity index (χ0) is 14.8. The van der Waals surface area contributed by atoms with E-state index in [0.717, 1.165) is 18.2 Å². The molecule has 0 saturated carbocycles. The third-order valence-electron chi connectivity index (χ3n) is 3.32. The first kappa shape index (κ1) is 14.6. The van der Waals surface area contributed by atoms with Gasteiger partial charge in [-0.05, 0) is 29.0 Å². The maximum Gasteiger partial charge on any atom is 0.207 e. The van der Waals surface area contributed by atoms with Crippen LogP contribution in [0.25, 0.3) is 5.69 Å². The number of aromatic nitrogens is 2. The second kappa shape index (κ2) is 5.70. The molecule has 0 fully saturated rings. The highest BCUT2D eigenvalue weighted by molar-refractivity contribution is 5.43. The van der Waals surface area contributed by atoms with Crippen LogP contribution in [0.1, 0.15) is 40.2 Å². The third-order valence-corrected chi connectivity index (χ3v) is 3.32. The summed E-state index contributed by atoms with van der Waals surface area (Å²) in [6.45, 7) is 12.0. The Morgan fingerprint density at radius 3 is 2.35 bits per heavy atom. The van der Waals surface area contributed by atoms with Gasteiger partial charge < -0.3 is 5.32 Å². The van der Waals surface area contributed by atoms with Crippen LogP contribution in [-0.4, -0.2) is 16.1 Å². The summed E-state index contributed by atoms with van der Waals surface area (Å²) in [5, 5.41) is 3.39. The van der Waals surface area contributed by atoms with Crippen LogP contribution in [-0.2, 0) is 5.41 Å². The number of benzene rings is 1. The number of hydrogen-bond donors (Lipinski definition) is 1. The maximum atomic E-state index is 4.39. The topological polar surface area (TPSA) is 29.9 Å². The quantitative estimate of drug-likeness (QED) is 0.901. The Bertz CT molecular complexity index is 544. The SMILES string of the molecule is CC(C)CNc1nccn1-c1ccc(C(C)(C)C)cc1. The summed E-state index contributed by atoms with van der Waals surface area (Å²) in [5.41, 5.74) is 2.67. The van der Waals surface area contributed by atoms with Gasteiger partial charge in [0.05, 0.1) is 0 Å². The molecule has 1 aromatic heterocycles. The van der Waals surface area contributed by atoms with Crippen LogP contribution in [0.4, 0.5) is 5.95 Å². The Balaban J connectivity index is 2.22. The monoisotopic (exact) mass is 271 g/mol. The van der Waals surface area contributed by atoms with Crippen molar-refractivity contribution >= 4 is 5.95 Å². The third kappa shape index (κ3) is 3.41. The molecule has 0 aliphatic heterocycles. The Morgan fingerprint density at radius 1 is 1.15 bits per heavy atom. The van der Waals surface area contributed by atoms with Crippen LogP contribution in [0, 0.1) is 5.92 Å². The molecule has 2 aromatic rings. The van der Waals surface area contributed by atoms with E-state index in [1.807, 2.05) is 12.4 Å². The van der Waals surface area contributed by atoms with Gasteiger partial charge in [0.2, 0.25) is 5.95 Å². The Morgan fingerprint density at radius 2 is 1.80 bits per heavy atom. The summed E-state index contributed by atoms with van der Waals surface area (Å²) in [7, 11) is 0. The first-order chi connectivity index (χ1) is 9.38. The predicted octanol–water partition coefficient (Wildman–Crippen LogP) is 4.24. The maximum absolute atomic E-state index is 4.39. The van der Waals surface area contributed by atoms with Gasteiger partial charge in [0.25, 0.3) is 0 Å². The van der Waals surface area contributed by atoms with E-state index < -0.39 is 0 Å². The smallest absolute Gasteiger partial charge is 0.207 e. The summed E-state index contributed by atoms with van der Waals surface area (Å²) in [4.78, 5) is 4.39. The van der Waals surface area contributed by atoms with Gasteiger partial charge >= 0.3 is 0 Å². The normalized spacial score (nSPS) is 11.9. The molecule has 0 saturated heterocycles. The fourth-order valence-electron chi connectivity index (χ4n) is 2.06. The lowest BCUT2D eigenvalue weighted by molar-refractivity contribution is 0.590. The molecule has 3 nitrogen and oxygen atoms in total. The van der Waals surface area contributed by atoms with E-state index in [9.17, 15) is 0 Å². The van der Waals surface area contributed by atoms with Crippen molar-refractivity contribution in [1.29, 1.82) is 0 Å². The van der Waals surface area contributed by atoms with Crippen molar-refractivity contribution < 1.29 is 0 Å². The highest BCUT2D eigenvalue weighted by Crippen LogP contribution is 2.24. The fraction of sp³-hybridized carbons (Fsp3) is 0.471. The molecule has 2 rings (SSSR count). The molecule has 108 valence electrons. The molecule has 3 heteroatoms. The molecule has 0 aliphatic carbocycles. The highest BCUT2D eigenvalue weighted by Gasteiger charge is 2.13. The first-order valence-electron chi connectivity index (χ1n) is 7.26. The lowest BCUT2D eigenvalue weighted by Gasteiger charge is -2.19. The van der Waals surface area contributed by atoms with Crippen molar-refractivity contribution in [1.82, 2.24) is 9.55 Å². The molecule has 0 amide bonds. The number of hydrogen-bond acceptors (Lipinski definition) is 2. The summed E-state index contributed by atoms with van der Waals surface area (Å²) in [6, 6.07) is 8.70. The Labute approximate surface area is 122 Å². The van der Waals surface area contributed by atoms with E-state index in [1.165, 1.54) is 5.56 Å². The number of nitrogens with one attached hydrogen (secondary N) is 1. The van der Waals surface area contributed by atoms with Crippen molar-refractivity contribution in [2.45, 2.75) is 40.0 Å². The minimum atomic E-state index is 0.187. The summed E-state index contributed by atoms with van der Waals surface area (Å²) < 4.78 is 2.09. The first-order valence-corrected chi connectivity index (χ1v) is 7.26. The minimum Gasteiger partial charge on any atom is -0.355 e. The molecular formula is C17H25N3. The van der Waals surface area contributed by atoms with E-state index in [1.54, 1.807) is 0 Å². The average Bonchev–Trinajstić information content (AvgIpc) is 2.83. The molecule has 0 radical (unpaired) electrons. The molecule has 1 aromatic carbocycles. The van der Waals surface area contributed by atoms with Crippen molar-refractivity contribution in [3.63, 3.8) is 0 Å². The highest BCUT2D eigenvalue weighted by atomic mass is 15.2. The van der Waals surface area contributed by atoms with Crippen LogP contribution < -0.4 is 5.32 Å². The predicted molar refractivity (Wildman–Crippen MR) is 85.6 cm³/mol. The number of anilines is 1. The fourth-order valence-corrected chi connectivity index (χ4v) is 2.06. The van der Waals surface area contributed by atoms with Crippen molar-refractivity contribution in [2.75, 3.05) is 11.9 Å². The zero-order valence-electron chi connectivity index (χ0n) is 13.1. The largest absolute Gasteiger partial charge is 0.355 e. The van der Waals surface area contributed by atoms with Crippen molar-refractivity contribution in [3.8, 4) is 5.69 Å². The second-order valence-electron chi connectivity index (χ2n) is 6.69. The Kier molecular flexibility index (Phi) is 4.17. The van der Waals surface area contributed by atoms with E-state index in [0.29, 0.717) is 5.92 Å². The summed E-state index contributed by atoms with van der Waals surface area (Å²) in [6.07, 6.45) is 3.83. The number of nitrogens with zero attached hydrogens (tertiary/aromatic N) is 2. The van der Waals surface area contributed by atoms with Gasteiger partial charge in [-0.2, -0.15) is 0 Å². The molecule has 0 atom stereocenters. The summed E-state index contributed by atoms with van der Waals surface area (Å²) >= 11 is 0. The Hall–Kier alpha value is -1.77. The van der Waals surface area contributed by atoms with Gasteiger partial charge in [-0.25, -0.2) is 4.98 Å². The van der Waals surface area contributed by atoms with Crippen LogP contribution in [0.5, 0.6) is 0 Å². The zero-order valence-corrected chi connectivity index (χ0v) is 13.1.